The minimum Gasteiger partial charge on any atom is -0.489 e. The van der Waals surface area contributed by atoms with Crippen molar-refractivity contribution in [1.29, 1.82) is 0 Å². The maximum Gasteiger partial charge on any atom is 0.331 e. The molecule has 0 aliphatic rings. The summed E-state index contributed by atoms with van der Waals surface area (Å²) in [6.07, 6.45) is 2.87. The molecule has 1 amide bonds. The number of hydrogen-bond acceptors (Lipinski definition) is 4. The van der Waals surface area contributed by atoms with E-state index in [4.69, 9.17) is 32.7 Å². The maximum absolute atomic E-state index is 12.0. The number of benzene rings is 3. The normalized spacial score (nSPS) is 10.7. The summed E-state index contributed by atoms with van der Waals surface area (Å²) in [5, 5.41) is 3.89. The van der Waals surface area contributed by atoms with Crippen molar-refractivity contribution in [2.24, 2.45) is 0 Å². The van der Waals surface area contributed by atoms with E-state index in [0.29, 0.717) is 28.1 Å². The molecule has 0 aromatic heterocycles. The molecule has 0 atom stereocenters. The summed E-state index contributed by atoms with van der Waals surface area (Å²) < 4.78 is 10.7. The van der Waals surface area contributed by atoms with Gasteiger partial charge in [0.1, 0.15) is 12.4 Å². The Labute approximate surface area is 196 Å². The lowest BCUT2D eigenvalue weighted by Gasteiger charge is -2.09. The van der Waals surface area contributed by atoms with E-state index in [1.54, 1.807) is 31.2 Å². The molecule has 3 rings (SSSR count). The van der Waals surface area contributed by atoms with Gasteiger partial charge in [-0.3, -0.25) is 4.79 Å². The summed E-state index contributed by atoms with van der Waals surface area (Å²) in [6.45, 7) is 1.82. The Balaban J connectivity index is 1.44. The fourth-order valence-electron chi connectivity index (χ4n) is 2.70. The third-order valence-corrected chi connectivity index (χ3v) is 5.16. The van der Waals surface area contributed by atoms with Gasteiger partial charge in [-0.1, -0.05) is 53.5 Å². The smallest absolute Gasteiger partial charge is 0.331 e. The molecule has 164 valence electrons. The van der Waals surface area contributed by atoms with Gasteiger partial charge in [0.05, 0.1) is 0 Å². The summed E-state index contributed by atoms with van der Waals surface area (Å²) in [5.74, 6) is -0.363. The minimum absolute atomic E-state index is 0.396. The molecule has 0 bridgehead atoms. The molecule has 1 N–H and O–H groups in total. The molecule has 0 saturated carbocycles. The van der Waals surface area contributed by atoms with Gasteiger partial charge >= 0.3 is 5.97 Å². The molecular formula is C25H21Cl2NO4. The molecule has 0 spiro atoms. The first-order chi connectivity index (χ1) is 15.4. The summed E-state index contributed by atoms with van der Waals surface area (Å²) in [6, 6.07) is 19.9. The number of carbonyl (C=O) groups is 2. The van der Waals surface area contributed by atoms with Gasteiger partial charge in [0, 0.05) is 21.8 Å². The SMILES string of the molecule is Cc1c(Cl)cccc1NC(=O)COC(=O)/C=C/c1ccc(OCc2ccc(Cl)cc2)cc1. The van der Waals surface area contributed by atoms with Gasteiger partial charge in [-0.05, 0) is 66.1 Å². The highest BCUT2D eigenvalue weighted by atomic mass is 35.5. The number of ether oxygens (including phenoxy) is 2. The fourth-order valence-corrected chi connectivity index (χ4v) is 3.00. The van der Waals surface area contributed by atoms with Gasteiger partial charge < -0.3 is 14.8 Å². The zero-order valence-corrected chi connectivity index (χ0v) is 18.8. The van der Waals surface area contributed by atoms with Crippen molar-refractivity contribution in [3.05, 3.63) is 99.5 Å². The Morgan fingerprint density at radius 1 is 0.969 bits per heavy atom. The van der Waals surface area contributed by atoms with Crippen LogP contribution in [0.25, 0.3) is 6.08 Å². The number of anilines is 1. The second-order valence-corrected chi connectivity index (χ2v) is 7.73. The first kappa shape index (κ1) is 23.4. The van der Waals surface area contributed by atoms with E-state index >= 15 is 0 Å². The summed E-state index contributed by atoms with van der Waals surface area (Å²) in [7, 11) is 0. The Bertz CT molecular complexity index is 1110. The largest absolute Gasteiger partial charge is 0.489 e. The summed E-state index contributed by atoms with van der Waals surface area (Å²) in [5.41, 5.74) is 3.12. The molecule has 3 aromatic rings. The second-order valence-electron chi connectivity index (χ2n) is 6.89. The number of esters is 1. The monoisotopic (exact) mass is 469 g/mol. The van der Waals surface area contributed by atoms with E-state index < -0.39 is 18.5 Å². The molecule has 0 fully saturated rings. The number of halogens is 2. The van der Waals surface area contributed by atoms with Crippen LogP contribution in [-0.2, 0) is 20.9 Å². The van der Waals surface area contributed by atoms with Crippen LogP contribution in [-0.4, -0.2) is 18.5 Å². The van der Waals surface area contributed by atoms with Crippen LogP contribution in [0.1, 0.15) is 16.7 Å². The molecule has 0 radical (unpaired) electrons. The third-order valence-electron chi connectivity index (χ3n) is 4.50. The number of hydrogen-bond donors (Lipinski definition) is 1. The number of amides is 1. The van der Waals surface area contributed by atoms with Crippen molar-refractivity contribution in [2.75, 3.05) is 11.9 Å². The molecule has 3 aromatic carbocycles. The van der Waals surface area contributed by atoms with E-state index in [-0.39, 0.29) is 0 Å². The first-order valence-electron chi connectivity index (χ1n) is 9.78. The Hall–Kier alpha value is -3.28. The minimum atomic E-state index is -0.619. The van der Waals surface area contributed by atoms with Crippen molar-refractivity contribution >= 4 is 46.8 Å². The summed E-state index contributed by atoms with van der Waals surface area (Å²) in [4.78, 5) is 23.9. The van der Waals surface area contributed by atoms with Crippen LogP contribution in [0, 0.1) is 6.92 Å². The maximum atomic E-state index is 12.0. The van der Waals surface area contributed by atoms with Gasteiger partial charge in [-0.2, -0.15) is 0 Å². The lowest BCUT2D eigenvalue weighted by atomic mass is 10.2. The lowest BCUT2D eigenvalue weighted by Crippen LogP contribution is -2.20. The molecule has 0 unspecified atom stereocenters. The van der Waals surface area contributed by atoms with Crippen molar-refractivity contribution in [1.82, 2.24) is 0 Å². The standard InChI is InChI=1S/C25H21Cl2NO4/c1-17-22(27)3-2-4-23(17)28-24(29)16-32-25(30)14-9-18-7-12-21(13-8-18)31-15-19-5-10-20(26)11-6-19/h2-14H,15-16H2,1H3,(H,28,29)/b14-9+. The topological polar surface area (TPSA) is 64.6 Å². The van der Waals surface area contributed by atoms with Gasteiger partial charge in [0.2, 0.25) is 0 Å². The predicted molar refractivity (Wildman–Crippen MR) is 127 cm³/mol. The number of rotatable bonds is 8. The highest BCUT2D eigenvalue weighted by molar-refractivity contribution is 6.31. The highest BCUT2D eigenvalue weighted by Gasteiger charge is 2.08. The zero-order chi connectivity index (χ0) is 22.9. The van der Waals surface area contributed by atoms with Crippen molar-refractivity contribution < 1.29 is 19.1 Å². The first-order valence-corrected chi connectivity index (χ1v) is 10.5. The van der Waals surface area contributed by atoms with Crippen LogP contribution < -0.4 is 10.1 Å². The van der Waals surface area contributed by atoms with Crippen LogP contribution in [0.3, 0.4) is 0 Å². The highest BCUT2D eigenvalue weighted by Crippen LogP contribution is 2.22. The van der Waals surface area contributed by atoms with Gasteiger partial charge in [0.15, 0.2) is 6.61 Å². The van der Waals surface area contributed by atoms with Crippen LogP contribution in [0.15, 0.2) is 72.8 Å². The average molecular weight is 470 g/mol. The van der Waals surface area contributed by atoms with E-state index in [1.165, 1.54) is 6.08 Å². The molecule has 7 heteroatoms. The predicted octanol–water partition coefficient (Wildman–Crippen LogP) is 6.08. The molecule has 0 saturated heterocycles. The Morgan fingerprint density at radius 2 is 1.69 bits per heavy atom. The van der Waals surface area contributed by atoms with Crippen molar-refractivity contribution in [3.63, 3.8) is 0 Å². The van der Waals surface area contributed by atoms with Gasteiger partial charge in [0.25, 0.3) is 5.91 Å². The number of nitrogens with one attached hydrogen (secondary N) is 1. The van der Waals surface area contributed by atoms with Gasteiger partial charge in [-0.15, -0.1) is 0 Å². The molecule has 5 nitrogen and oxygen atoms in total. The summed E-state index contributed by atoms with van der Waals surface area (Å²) >= 11 is 11.9. The third kappa shape index (κ3) is 7.15. The van der Waals surface area contributed by atoms with E-state index in [0.717, 1.165) is 16.7 Å². The van der Waals surface area contributed by atoms with Crippen molar-refractivity contribution in [2.45, 2.75) is 13.5 Å². The Morgan fingerprint density at radius 3 is 2.41 bits per heavy atom. The molecule has 0 aliphatic heterocycles. The molecule has 0 aliphatic carbocycles. The fraction of sp³-hybridized carbons (Fsp3) is 0.120. The number of carbonyl (C=O) groups excluding carboxylic acids is 2. The molecule has 0 heterocycles. The lowest BCUT2D eigenvalue weighted by molar-refractivity contribution is -0.142. The zero-order valence-electron chi connectivity index (χ0n) is 17.3. The van der Waals surface area contributed by atoms with Gasteiger partial charge in [-0.25, -0.2) is 4.79 Å². The van der Waals surface area contributed by atoms with Crippen LogP contribution in [0.4, 0.5) is 5.69 Å². The van der Waals surface area contributed by atoms with E-state index in [2.05, 4.69) is 5.32 Å². The van der Waals surface area contributed by atoms with E-state index in [9.17, 15) is 9.59 Å². The molecule has 32 heavy (non-hydrogen) atoms. The Kier molecular flexibility index (Phi) is 8.31. The van der Waals surface area contributed by atoms with Crippen LogP contribution in [0.5, 0.6) is 5.75 Å². The molecular weight excluding hydrogens is 449 g/mol. The van der Waals surface area contributed by atoms with Crippen molar-refractivity contribution in [3.8, 4) is 5.75 Å². The van der Waals surface area contributed by atoms with Crippen LogP contribution in [0.2, 0.25) is 10.0 Å². The van der Waals surface area contributed by atoms with E-state index in [1.807, 2.05) is 48.5 Å². The quantitative estimate of drug-likeness (QED) is 0.320. The second kappa shape index (κ2) is 11.4. The van der Waals surface area contributed by atoms with Crippen LogP contribution >= 0.6 is 23.2 Å². The average Bonchev–Trinajstić information content (AvgIpc) is 2.79.